The molecule has 3 aromatic carbocycles. The van der Waals surface area contributed by atoms with Gasteiger partial charge in [-0.05, 0) is 79.2 Å². The summed E-state index contributed by atoms with van der Waals surface area (Å²) in [6.07, 6.45) is 0.724. The summed E-state index contributed by atoms with van der Waals surface area (Å²) in [6, 6.07) is 19.9. The lowest BCUT2D eigenvalue weighted by Crippen LogP contribution is -2.33. The summed E-state index contributed by atoms with van der Waals surface area (Å²) in [7, 11) is 0. The lowest BCUT2D eigenvalue weighted by molar-refractivity contribution is -0.127. The van der Waals surface area contributed by atoms with E-state index in [1.54, 1.807) is 73.7 Å². The van der Waals surface area contributed by atoms with Gasteiger partial charge in [0.05, 0.1) is 11.8 Å². The van der Waals surface area contributed by atoms with Crippen LogP contribution in [0.1, 0.15) is 22.8 Å². The van der Waals surface area contributed by atoms with E-state index in [1.165, 1.54) is 12.3 Å². The third kappa shape index (κ3) is 6.84. The molecular formula is C23H18Cl2N2O4. The Balaban J connectivity index is 1.50. The molecule has 0 aliphatic heterocycles. The van der Waals surface area contributed by atoms with Gasteiger partial charge in [-0.1, -0.05) is 29.3 Å². The van der Waals surface area contributed by atoms with Crippen molar-refractivity contribution >= 4 is 41.3 Å². The number of amides is 1. The molecule has 6 nitrogen and oxygen atoms in total. The monoisotopic (exact) mass is 456 g/mol. The summed E-state index contributed by atoms with van der Waals surface area (Å²) in [4.78, 5) is 24.2. The molecule has 0 radical (unpaired) electrons. The minimum absolute atomic E-state index is 0.357. The molecule has 3 aromatic rings. The fourth-order valence-electron chi connectivity index (χ4n) is 2.44. The second-order valence-corrected chi connectivity index (χ2v) is 7.29. The van der Waals surface area contributed by atoms with E-state index in [0.717, 1.165) is 0 Å². The van der Waals surface area contributed by atoms with Gasteiger partial charge < -0.3 is 9.47 Å². The van der Waals surface area contributed by atoms with E-state index in [1.807, 2.05) is 0 Å². The van der Waals surface area contributed by atoms with Crippen molar-refractivity contribution in [3.05, 3.63) is 94.0 Å². The smallest absolute Gasteiger partial charge is 0.343 e. The molecule has 0 saturated carbocycles. The number of hydrogen-bond donors (Lipinski definition) is 1. The fraction of sp³-hybridized carbons (Fsp3) is 0.0870. The topological polar surface area (TPSA) is 77.0 Å². The van der Waals surface area contributed by atoms with E-state index in [0.29, 0.717) is 32.7 Å². The maximum absolute atomic E-state index is 12.1. The number of benzene rings is 3. The van der Waals surface area contributed by atoms with Crippen molar-refractivity contribution in [2.45, 2.75) is 13.0 Å². The van der Waals surface area contributed by atoms with Crippen LogP contribution in [0.25, 0.3) is 0 Å². The zero-order chi connectivity index (χ0) is 22.2. The van der Waals surface area contributed by atoms with E-state index in [-0.39, 0.29) is 0 Å². The Morgan fingerprint density at radius 3 is 2.29 bits per heavy atom. The summed E-state index contributed by atoms with van der Waals surface area (Å²) >= 11 is 11.7. The minimum atomic E-state index is -0.744. The lowest BCUT2D eigenvalue weighted by atomic mass is 10.2. The van der Waals surface area contributed by atoms with Crippen molar-refractivity contribution in [2.24, 2.45) is 5.10 Å². The van der Waals surface area contributed by atoms with Crippen LogP contribution in [0.5, 0.6) is 11.5 Å². The van der Waals surface area contributed by atoms with Crippen molar-refractivity contribution in [1.82, 2.24) is 5.43 Å². The molecule has 0 aromatic heterocycles. The third-order valence-electron chi connectivity index (χ3n) is 4.04. The van der Waals surface area contributed by atoms with Crippen LogP contribution in [0.15, 0.2) is 77.9 Å². The minimum Gasteiger partial charge on any atom is -0.481 e. The highest BCUT2D eigenvalue weighted by atomic mass is 35.5. The van der Waals surface area contributed by atoms with E-state index in [4.69, 9.17) is 32.7 Å². The Bertz CT molecular complexity index is 1080. The van der Waals surface area contributed by atoms with Gasteiger partial charge in [0.25, 0.3) is 5.91 Å². The zero-order valence-corrected chi connectivity index (χ0v) is 17.9. The van der Waals surface area contributed by atoms with Gasteiger partial charge in [-0.15, -0.1) is 0 Å². The van der Waals surface area contributed by atoms with Gasteiger partial charge in [0.15, 0.2) is 6.10 Å². The van der Waals surface area contributed by atoms with Crippen LogP contribution in [0, 0.1) is 0 Å². The molecule has 31 heavy (non-hydrogen) atoms. The zero-order valence-electron chi connectivity index (χ0n) is 16.4. The van der Waals surface area contributed by atoms with Crippen LogP contribution in [0.4, 0.5) is 0 Å². The van der Waals surface area contributed by atoms with Gasteiger partial charge in [0.2, 0.25) is 0 Å². The Hall–Kier alpha value is -3.35. The van der Waals surface area contributed by atoms with Crippen LogP contribution in [0.3, 0.4) is 0 Å². The number of rotatable bonds is 7. The third-order valence-corrected chi connectivity index (χ3v) is 4.52. The van der Waals surface area contributed by atoms with Crippen LogP contribution in [0.2, 0.25) is 10.0 Å². The number of hydrogen-bond acceptors (Lipinski definition) is 5. The fourth-order valence-corrected chi connectivity index (χ4v) is 2.75. The molecule has 0 aliphatic rings. The summed E-state index contributed by atoms with van der Waals surface area (Å²) in [6.45, 7) is 1.61. The summed E-state index contributed by atoms with van der Waals surface area (Å²) in [5, 5.41) is 4.96. The lowest BCUT2D eigenvalue weighted by Gasteiger charge is -2.12. The highest BCUT2D eigenvalue weighted by Crippen LogP contribution is 2.17. The first-order chi connectivity index (χ1) is 14.9. The van der Waals surface area contributed by atoms with Crippen LogP contribution in [-0.2, 0) is 4.79 Å². The first kappa shape index (κ1) is 22.3. The molecule has 158 valence electrons. The Morgan fingerprint density at radius 1 is 0.935 bits per heavy atom. The average Bonchev–Trinajstić information content (AvgIpc) is 2.76. The number of halogens is 2. The van der Waals surface area contributed by atoms with Crippen molar-refractivity contribution in [2.75, 3.05) is 0 Å². The van der Waals surface area contributed by atoms with Gasteiger partial charge in [-0.25, -0.2) is 10.2 Å². The summed E-state index contributed by atoms with van der Waals surface area (Å²) < 4.78 is 10.8. The average molecular weight is 457 g/mol. The van der Waals surface area contributed by atoms with E-state index in [2.05, 4.69) is 10.5 Å². The molecule has 0 fully saturated rings. The highest BCUT2D eigenvalue weighted by molar-refractivity contribution is 6.31. The molecule has 0 heterocycles. The Labute approximate surface area is 189 Å². The quantitative estimate of drug-likeness (QED) is 0.231. The molecule has 0 aliphatic carbocycles. The van der Waals surface area contributed by atoms with E-state index < -0.39 is 18.0 Å². The van der Waals surface area contributed by atoms with Crippen molar-refractivity contribution in [1.29, 1.82) is 0 Å². The Kier molecular flexibility index (Phi) is 7.65. The predicted molar refractivity (Wildman–Crippen MR) is 120 cm³/mol. The first-order valence-electron chi connectivity index (χ1n) is 9.23. The SMILES string of the molecule is CC(Oc1ccc(Cl)cc1)C(=O)NN=Cc1ccc(OC(=O)c2cccc(Cl)c2)cc1. The molecule has 3 rings (SSSR count). The Morgan fingerprint density at radius 2 is 1.61 bits per heavy atom. The van der Waals surface area contributed by atoms with Gasteiger partial charge >= 0.3 is 5.97 Å². The first-order valence-corrected chi connectivity index (χ1v) is 9.99. The number of carbonyl (C=O) groups excluding carboxylic acids is 2. The number of ether oxygens (including phenoxy) is 2. The van der Waals surface area contributed by atoms with Gasteiger partial charge in [-0.3, -0.25) is 4.79 Å². The predicted octanol–water partition coefficient (Wildman–Crippen LogP) is 5.13. The molecule has 1 unspecified atom stereocenters. The highest BCUT2D eigenvalue weighted by Gasteiger charge is 2.14. The number of carbonyl (C=O) groups is 2. The molecule has 1 atom stereocenters. The van der Waals surface area contributed by atoms with Gasteiger partial charge in [0, 0.05) is 10.0 Å². The standard InChI is InChI=1S/C23H18Cl2N2O4/c1-15(30-20-11-7-18(24)8-12-20)22(28)27-26-14-16-5-9-21(10-6-16)31-23(29)17-3-2-4-19(25)13-17/h2-15H,1H3,(H,27,28). The largest absolute Gasteiger partial charge is 0.481 e. The number of esters is 1. The van der Waals surface area contributed by atoms with Gasteiger partial charge in [-0.2, -0.15) is 5.10 Å². The molecule has 0 spiro atoms. The maximum Gasteiger partial charge on any atom is 0.343 e. The van der Waals surface area contributed by atoms with Gasteiger partial charge in [0.1, 0.15) is 11.5 Å². The van der Waals surface area contributed by atoms with E-state index in [9.17, 15) is 9.59 Å². The number of nitrogens with one attached hydrogen (secondary N) is 1. The second kappa shape index (κ2) is 10.6. The van der Waals surface area contributed by atoms with Crippen LogP contribution < -0.4 is 14.9 Å². The maximum atomic E-state index is 12.1. The molecule has 0 bridgehead atoms. The molecular weight excluding hydrogens is 439 g/mol. The van der Waals surface area contributed by atoms with Crippen LogP contribution >= 0.6 is 23.2 Å². The second-order valence-electron chi connectivity index (χ2n) is 6.42. The van der Waals surface area contributed by atoms with Crippen LogP contribution in [-0.4, -0.2) is 24.2 Å². The molecule has 1 amide bonds. The van der Waals surface area contributed by atoms with Crippen molar-refractivity contribution in [3.63, 3.8) is 0 Å². The van der Waals surface area contributed by atoms with Crippen molar-refractivity contribution in [3.8, 4) is 11.5 Å². The summed E-state index contributed by atoms with van der Waals surface area (Å²) in [5.41, 5.74) is 3.48. The molecule has 8 heteroatoms. The van der Waals surface area contributed by atoms with E-state index >= 15 is 0 Å². The molecule has 1 N–H and O–H groups in total. The molecule has 0 saturated heterocycles. The number of nitrogens with zero attached hydrogens (tertiary/aromatic N) is 1. The van der Waals surface area contributed by atoms with Crippen molar-refractivity contribution < 1.29 is 19.1 Å². The normalized spacial score (nSPS) is 11.7. The number of hydrazone groups is 1. The summed E-state index contributed by atoms with van der Waals surface area (Å²) in [5.74, 6) is -0.0146.